The van der Waals surface area contributed by atoms with Gasteiger partial charge in [0.2, 0.25) is 0 Å². The number of fused-ring (bicyclic) bond motifs is 8. The fourth-order valence-corrected chi connectivity index (χ4v) is 6.94. The van der Waals surface area contributed by atoms with Crippen LogP contribution in [0.2, 0.25) is 0 Å². The number of nitrogens with zero attached hydrogens (tertiary/aromatic N) is 3. The Morgan fingerprint density at radius 1 is 0.312 bits per heavy atom. The fraction of sp³-hybridized carbons (Fsp3) is 0. The van der Waals surface area contributed by atoms with E-state index >= 15 is 0 Å². The number of para-hydroxylation sites is 2. The van der Waals surface area contributed by atoms with Crippen molar-refractivity contribution in [1.82, 2.24) is 15.0 Å². The van der Waals surface area contributed by atoms with Gasteiger partial charge in [0.05, 0.1) is 0 Å². The van der Waals surface area contributed by atoms with Crippen molar-refractivity contribution in [3.05, 3.63) is 152 Å². The van der Waals surface area contributed by atoms with Crippen LogP contribution in [-0.2, 0) is 0 Å². The van der Waals surface area contributed by atoms with E-state index in [2.05, 4.69) is 60.7 Å². The Morgan fingerprint density at radius 2 is 0.792 bits per heavy atom. The zero-order chi connectivity index (χ0) is 31.6. The molecule has 3 aromatic heterocycles. The highest BCUT2D eigenvalue weighted by Crippen LogP contribution is 2.44. The molecule has 7 aromatic carbocycles. The number of furan rings is 2. The minimum Gasteiger partial charge on any atom is -0.456 e. The van der Waals surface area contributed by atoms with Gasteiger partial charge in [-0.25, -0.2) is 15.0 Å². The average Bonchev–Trinajstić information content (AvgIpc) is 3.73. The molecule has 3 heterocycles. The third-order valence-electron chi connectivity index (χ3n) is 9.11. The second kappa shape index (κ2) is 10.5. The Hall–Kier alpha value is -6.59. The van der Waals surface area contributed by atoms with E-state index in [9.17, 15) is 0 Å². The van der Waals surface area contributed by atoms with Crippen LogP contribution in [0.1, 0.15) is 0 Å². The van der Waals surface area contributed by atoms with Gasteiger partial charge >= 0.3 is 0 Å². The van der Waals surface area contributed by atoms with Crippen molar-refractivity contribution in [3.63, 3.8) is 0 Å². The normalized spacial score (nSPS) is 11.8. The standard InChI is InChI=1S/C43H25N3O2/c1-3-13-26(14-4-1)41-44-42(27-15-5-2-6-16-27)46-43(45-41)34-23-28(24-37-40(34)32-20-10-12-22-36(32)47-37)33-25-38-39(30-18-8-7-17-29(30)33)31-19-9-11-21-35(31)48-38/h1-25H. The first-order chi connectivity index (χ1) is 23.8. The highest BCUT2D eigenvalue weighted by molar-refractivity contribution is 6.22. The van der Waals surface area contributed by atoms with E-state index < -0.39 is 0 Å². The maximum atomic E-state index is 6.56. The van der Waals surface area contributed by atoms with Crippen LogP contribution in [0.25, 0.3) is 99.9 Å². The molecule has 0 spiro atoms. The molecule has 0 saturated heterocycles. The second-order valence-corrected chi connectivity index (χ2v) is 12.0. The number of benzene rings is 7. The third kappa shape index (κ3) is 4.15. The second-order valence-electron chi connectivity index (χ2n) is 12.0. The van der Waals surface area contributed by atoms with Gasteiger partial charge in [0.15, 0.2) is 17.5 Å². The van der Waals surface area contributed by atoms with Gasteiger partial charge in [0.25, 0.3) is 0 Å². The summed E-state index contributed by atoms with van der Waals surface area (Å²) in [5.41, 5.74) is 8.03. The van der Waals surface area contributed by atoms with Crippen LogP contribution >= 0.6 is 0 Å². The molecule has 0 aliphatic carbocycles. The molecule has 48 heavy (non-hydrogen) atoms. The predicted octanol–water partition coefficient (Wildman–Crippen LogP) is 11.5. The van der Waals surface area contributed by atoms with E-state index in [1.807, 2.05) is 91.0 Å². The van der Waals surface area contributed by atoms with Crippen LogP contribution in [-0.4, -0.2) is 15.0 Å². The van der Waals surface area contributed by atoms with Gasteiger partial charge in [0, 0.05) is 38.2 Å². The van der Waals surface area contributed by atoms with Gasteiger partial charge in [-0.2, -0.15) is 0 Å². The average molecular weight is 616 g/mol. The first kappa shape index (κ1) is 26.6. The Bertz CT molecular complexity index is 2780. The summed E-state index contributed by atoms with van der Waals surface area (Å²) >= 11 is 0. The van der Waals surface area contributed by atoms with Crippen LogP contribution in [0, 0.1) is 0 Å². The minimum atomic E-state index is 0.579. The lowest BCUT2D eigenvalue weighted by Gasteiger charge is -2.12. The molecular formula is C43H25N3O2. The summed E-state index contributed by atoms with van der Waals surface area (Å²) < 4.78 is 13.0. The molecule has 5 heteroatoms. The molecule has 5 nitrogen and oxygen atoms in total. The number of rotatable bonds is 4. The maximum Gasteiger partial charge on any atom is 0.164 e. The Morgan fingerprint density at radius 3 is 1.42 bits per heavy atom. The van der Waals surface area contributed by atoms with E-state index in [-0.39, 0.29) is 0 Å². The molecule has 10 aromatic rings. The molecule has 0 bridgehead atoms. The van der Waals surface area contributed by atoms with Crippen molar-refractivity contribution in [3.8, 4) is 45.3 Å². The molecule has 0 saturated carbocycles. The van der Waals surface area contributed by atoms with Gasteiger partial charge in [-0.1, -0.05) is 121 Å². The van der Waals surface area contributed by atoms with Crippen LogP contribution in [0.4, 0.5) is 0 Å². The molecule has 0 atom stereocenters. The topological polar surface area (TPSA) is 65.0 Å². The molecule has 0 N–H and O–H groups in total. The number of hydrogen-bond donors (Lipinski definition) is 0. The first-order valence-corrected chi connectivity index (χ1v) is 15.9. The molecule has 0 aliphatic rings. The Kier molecular flexibility index (Phi) is 5.81. The number of aromatic nitrogens is 3. The number of hydrogen-bond acceptors (Lipinski definition) is 5. The van der Waals surface area contributed by atoms with Crippen LogP contribution in [0.15, 0.2) is 160 Å². The van der Waals surface area contributed by atoms with Gasteiger partial charge in [-0.05, 0) is 52.2 Å². The molecule has 224 valence electrons. The van der Waals surface area contributed by atoms with E-state index in [4.69, 9.17) is 23.8 Å². The molecule has 10 rings (SSSR count). The van der Waals surface area contributed by atoms with Crippen LogP contribution < -0.4 is 0 Å². The van der Waals surface area contributed by atoms with Gasteiger partial charge < -0.3 is 8.83 Å². The van der Waals surface area contributed by atoms with Crippen molar-refractivity contribution in [1.29, 1.82) is 0 Å². The predicted molar refractivity (Wildman–Crippen MR) is 194 cm³/mol. The van der Waals surface area contributed by atoms with Gasteiger partial charge in [-0.3, -0.25) is 0 Å². The monoisotopic (exact) mass is 615 g/mol. The smallest absolute Gasteiger partial charge is 0.164 e. The van der Waals surface area contributed by atoms with E-state index in [0.29, 0.717) is 17.5 Å². The lowest BCUT2D eigenvalue weighted by molar-refractivity contribution is 0.668. The molecular weight excluding hydrogens is 590 g/mol. The lowest BCUT2D eigenvalue weighted by atomic mass is 9.92. The maximum absolute atomic E-state index is 6.56. The molecule has 0 aliphatic heterocycles. The summed E-state index contributed by atoms with van der Waals surface area (Å²) in [4.78, 5) is 15.2. The van der Waals surface area contributed by atoms with Crippen molar-refractivity contribution in [2.45, 2.75) is 0 Å². The van der Waals surface area contributed by atoms with Crippen molar-refractivity contribution in [2.24, 2.45) is 0 Å². The molecule has 0 amide bonds. The highest BCUT2D eigenvalue weighted by atomic mass is 16.3. The quantitative estimate of drug-likeness (QED) is 0.197. The largest absolute Gasteiger partial charge is 0.456 e. The van der Waals surface area contributed by atoms with Crippen molar-refractivity contribution < 1.29 is 8.83 Å². The summed E-state index contributed by atoms with van der Waals surface area (Å²) in [6.07, 6.45) is 0. The van der Waals surface area contributed by atoms with Crippen LogP contribution in [0.5, 0.6) is 0 Å². The Labute approximate surface area is 274 Å². The third-order valence-corrected chi connectivity index (χ3v) is 9.11. The van der Waals surface area contributed by atoms with Crippen LogP contribution in [0.3, 0.4) is 0 Å². The summed E-state index contributed by atoms with van der Waals surface area (Å²) in [6, 6.07) is 51.5. The molecule has 0 fully saturated rings. The minimum absolute atomic E-state index is 0.579. The van der Waals surface area contributed by atoms with E-state index in [1.54, 1.807) is 0 Å². The first-order valence-electron chi connectivity index (χ1n) is 15.9. The highest BCUT2D eigenvalue weighted by Gasteiger charge is 2.21. The van der Waals surface area contributed by atoms with Gasteiger partial charge in [0.1, 0.15) is 22.3 Å². The zero-order valence-corrected chi connectivity index (χ0v) is 25.6. The summed E-state index contributed by atoms with van der Waals surface area (Å²) in [5, 5.41) is 6.47. The van der Waals surface area contributed by atoms with Crippen molar-refractivity contribution >= 4 is 54.6 Å². The summed E-state index contributed by atoms with van der Waals surface area (Å²) in [6.45, 7) is 0. The lowest BCUT2D eigenvalue weighted by Crippen LogP contribution is -2.00. The SMILES string of the molecule is c1ccc(-c2nc(-c3ccccc3)nc(-c3cc(-c4cc5oc6ccccc6c5c5ccccc45)cc4oc5ccccc5c34)n2)cc1. The molecule has 0 unspecified atom stereocenters. The zero-order valence-electron chi connectivity index (χ0n) is 25.6. The summed E-state index contributed by atoms with van der Waals surface area (Å²) in [5.74, 6) is 1.80. The van der Waals surface area contributed by atoms with Gasteiger partial charge in [-0.15, -0.1) is 0 Å². The van der Waals surface area contributed by atoms with Crippen molar-refractivity contribution in [2.75, 3.05) is 0 Å². The van der Waals surface area contributed by atoms with E-state index in [0.717, 1.165) is 82.5 Å². The molecule has 0 radical (unpaired) electrons. The summed E-state index contributed by atoms with van der Waals surface area (Å²) in [7, 11) is 0. The van der Waals surface area contributed by atoms with E-state index in [1.165, 1.54) is 0 Å². The fourth-order valence-electron chi connectivity index (χ4n) is 6.94. The Balaban J connectivity index is 1.30.